The molecule has 310 valence electrons. The Morgan fingerprint density at radius 3 is 1.73 bits per heavy atom. The predicted molar refractivity (Wildman–Crippen MR) is 181 cm³/mol. The van der Waals surface area contributed by atoms with E-state index in [0.717, 1.165) is 33.1 Å². The summed E-state index contributed by atoms with van der Waals surface area (Å²) in [5.74, 6) is -6.70. The second-order valence-electron chi connectivity index (χ2n) is 12.1. The van der Waals surface area contributed by atoms with Crippen molar-refractivity contribution in [1.29, 1.82) is 0 Å². The fourth-order valence-electron chi connectivity index (χ4n) is 5.75. The van der Waals surface area contributed by atoms with E-state index >= 15 is 0 Å². The van der Waals surface area contributed by atoms with Crippen molar-refractivity contribution >= 4 is 41.8 Å². The molecule has 0 aromatic heterocycles. The Morgan fingerprint density at radius 1 is 0.618 bits per heavy atom. The van der Waals surface area contributed by atoms with Gasteiger partial charge >= 0.3 is 41.8 Å². The van der Waals surface area contributed by atoms with Gasteiger partial charge in [0.05, 0.1) is 13.7 Å². The van der Waals surface area contributed by atoms with Crippen LogP contribution in [0.25, 0.3) is 10.4 Å². The van der Waals surface area contributed by atoms with E-state index in [9.17, 15) is 39.1 Å². The number of ether oxygens (including phenoxy) is 11. The summed E-state index contributed by atoms with van der Waals surface area (Å²) in [6, 6.07) is -1.41. The van der Waals surface area contributed by atoms with Crippen LogP contribution in [0.2, 0.25) is 0 Å². The first-order valence-corrected chi connectivity index (χ1v) is 17.1. The summed E-state index contributed by atoms with van der Waals surface area (Å²) >= 11 is 0. The van der Waals surface area contributed by atoms with E-state index in [1.54, 1.807) is 0 Å². The molecule has 55 heavy (non-hydrogen) atoms. The highest BCUT2D eigenvalue weighted by atomic mass is 16.8. The van der Waals surface area contributed by atoms with E-state index < -0.39 is 138 Å². The molecule has 0 spiro atoms. The lowest BCUT2D eigenvalue weighted by Gasteiger charge is -2.46. The molecule has 2 rings (SSSR count). The zero-order chi connectivity index (χ0) is 43.9. The van der Waals surface area contributed by atoms with Crippen LogP contribution >= 0.6 is 0 Å². The van der Waals surface area contributed by atoms with E-state index in [2.05, 4.69) is 14.8 Å². The lowest BCUT2D eigenvalue weighted by molar-refractivity contribution is -0.324. The number of carbonyl (C=O) groups is 7. The number of esters is 7. The second kappa shape index (κ2) is 24.1. The van der Waals surface area contributed by atoms with Gasteiger partial charge in [-0.25, -0.2) is 0 Å². The molecular formula is C34H51N3O18. The molecule has 2 fully saturated rings. The Hall–Kier alpha value is -4.56. The van der Waals surface area contributed by atoms with Gasteiger partial charge in [0.25, 0.3) is 0 Å². The van der Waals surface area contributed by atoms with E-state index in [-0.39, 0.29) is 12.6 Å². The van der Waals surface area contributed by atoms with Crippen molar-refractivity contribution in [3.63, 3.8) is 0 Å². The first kappa shape index (κ1) is 40.1. The summed E-state index contributed by atoms with van der Waals surface area (Å²) < 4.78 is 90.3. The highest BCUT2D eigenvalue weighted by Crippen LogP contribution is 2.33. The maximum Gasteiger partial charge on any atom is 0.305 e. The molecule has 0 aromatic rings. The SMILES string of the molecule is [2H]CC(=O)OC[C@H]1OC(OC[C@H]2O[C@H](OCCCCCCCCC(=O)OC)[C@@H](N=[N+]=[N-])[C@@H](OC(C)=O)[C@@H]2OC(C)=O)[C@H](OC(=O)C[2H])[C@@H](OC(=O)C[2H])[C@H]1OC(=O)C[2H]. The number of carbonyl (C=O) groups excluding carboxylic acids is 7. The zero-order valence-corrected chi connectivity index (χ0v) is 30.9. The van der Waals surface area contributed by atoms with Crippen molar-refractivity contribution in [3.05, 3.63) is 10.4 Å². The highest BCUT2D eigenvalue weighted by molar-refractivity contribution is 5.69. The smallest absolute Gasteiger partial charge is 0.305 e. The molecule has 2 heterocycles. The van der Waals surface area contributed by atoms with Gasteiger partial charge in [0.1, 0.15) is 24.9 Å². The Kier molecular flexibility index (Phi) is 17.5. The van der Waals surface area contributed by atoms with E-state index in [1.807, 2.05) is 0 Å². The number of unbranched alkanes of at least 4 members (excludes halogenated alkanes) is 5. The van der Waals surface area contributed by atoms with Crippen LogP contribution in [0.5, 0.6) is 0 Å². The lowest BCUT2D eigenvalue weighted by atomic mass is 9.96. The Bertz CT molecular complexity index is 1460. The second-order valence-corrected chi connectivity index (χ2v) is 12.1. The third-order valence-electron chi connectivity index (χ3n) is 7.92. The summed E-state index contributed by atoms with van der Waals surface area (Å²) in [6.45, 7) is -3.03. The van der Waals surface area contributed by atoms with Crippen molar-refractivity contribution in [2.75, 3.05) is 26.9 Å². The highest BCUT2D eigenvalue weighted by Gasteiger charge is 2.55. The Balaban J connectivity index is 2.47. The monoisotopic (exact) mass is 793 g/mol. The van der Waals surface area contributed by atoms with Gasteiger partial charge in [-0.05, 0) is 18.4 Å². The normalized spacial score (nSPS) is 28.3. The number of hydrogen-bond acceptors (Lipinski definition) is 19. The predicted octanol–water partition coefficient (Wildman–Crippen LogP) is 2.27. The van der Waals surface area contributed by atoms with Crippen LogP contribution < -0.4 is 0 Å². The van der Waals surface area contributed by atoms with E-state index in [0.29, 0.717) is 25.7 Å². The van der Waals surface area contributed by atoms with Crippen LogP contribution in [0.3, 0.4) is 0 Å². The van der Waals surface area contributed by atoms with Crippen LogP contribution in [-0.2, 0) is 85.7 Å². The number of nitrogens with zero attached hydrogens (tertiary/aromatic N) is 3. The van der Waals surface area contributed by atoms with Crippen LogP contribution in [0.15, 0.2) is 5.11 Å². The molecule has 0 bridgehead atoms. The van der Waals surface area contributed by atoms with Crippen LogP contribution in [0.4, 0.5) is 0 Å². The third-order valence-corrected chi connectivity index (χ3v) is 7.92. The number of methoxy groups -OCH3 is 1. The average molecular weight is 794 g/mol. The zero-order valence-electron chi connectivity index (χ0n) is 34.9. The summed E-state index contributed by atoms with van der Waals surface area (Å²) in [7, 11) is 1.32. The fourth-order valence-corrected chi connectivity index (χ4v) is 5.75. The maximum absolute atomic E-state index is 12.5. The molecule has 0 N–H and O–H groups in total. The molecule has 0 aliphatic carbocycles. The third kappa shape index (κ3) is 16.4. The number of azide groups is 1. The van der Waals surface area contributed by atoms with Gasteiger partial charge in [-0.2, -0.15) is 0 Å². The van der Waals surface area contributed by atoms with Crippen molar-refractivity contribution < 1.29 is 91.2 Å². The van der Waals surface area contributed by atoms with E-state index in [1.165, 1.54) is 7.11 Å². The van der Waals surface area contributed by atoms with Crippen molar-refractivity contribution in [1.82, 2.24) is 0 Å². The van der Waals surface area contributed by atoms with Crippen LogP contribution in [-0.4, -0.2) is 130 Å². The largest absolute Gasteiger partial charge is 0.469 e. The Labute approximate surface area is 323 Å². The van der Waals surface area contributed by atoms with Crippen molar-refractivity contribution in [3.8, 4) is 0 Å². The molecule has 1 unspecified atom stereocenters. The molecule has 0 radical (unpaired) electrons. The minimum Gasteiger partial charge on any atom is -0.469 e. The molecule has 2 aliphatic heterocycles. The standard InChI is InChI=1S/C34H51N3O18/c1-18(38)47-16-24-29(50-20(3)40)31(52-22(5)42)32(53-23(6)43)34(55-24)48-17-25-28(49-19(2)39)30(51-21(4)41)27(36-37-35)33(54-25)46-15-13-11-9-8-10-12-14-26(44)45-7/h24-25,27-34H,8-17H2,1-7H3/t24-,25-,27+,28-,29+,30-,31+,32-,33+,34?/m1/s1/i1D,3D,5D,6D. The van der Waals surface area contributed by atoms with Gasteiger partial charge in [0.15, 0.2) is 43.1 Å². The average Bonchev–Trinajstić information content (AvgIpc) is 3.21. The quantitative estimate of drug-likeness (QED) is 0.0402. The summed E-state index contributed by atoms with van der Waals surface area (Å²) in [5, 5.41) is 3.71. The fraction of sp³-hybridized carbons (Fsp3) is 0.794. The molecule has 2 aliphatic rings. The Morgan fingerprint density at radius 2 is 1.13 bits per heavy atom. The molecule has 0 saturated carbocycles. The molecular weight excluding hydrogens is 738 g/mol. The van der Waals surface area contributed by atoms with Gasteiger partial charge in [-0.1, -0.05) is 30.8 Å². The van der Waals surface area contributed by atoms with Crippen LogP contribution in [0.1, 0.15) is 91.9 Å². The first-order chi connectivity index (χ1) is 28.2. The van der Waals surface area contributed by atoms with Gasteiger partial charge < -0.3 is 52.1 Å². The van der Waals surface area contributed by atoms with Crippen LogP contribution in [0, 0.1) is 0 Å². The molecule has 2 saturated heterocycles. The minimum atomic E-state index is -1.88. The molecule has 21 heteroatoms. The van der Waals surface area contributed by atoms with Gasteiger partial charge in [-0.3, -0.25) is 33.6 Å². The summed E-state index contributed by atoms with van der Waals surface area (Å²) in [5.41, 5.74) is 9.44. The molecule has 0 aromatic carbocycles. The summed E-state index contributed by atoms with van der Waals surface area (Å²) in [6.07, 6.45) is -10.3. The van der Waals surface area contributed by atoms with Gasteiger partial charge in [0.2, 0.25) is 0 Å². The maximum atomic E-state index is 12.5. The van der Waals surface area contributed by atoms with Crippen molar-refractivity contribution in [2.45, 2.75) is 148 Å². The number of hydrogen-bond donors (Lipinski definition) is 0. The first-order valence-electron chi connectivity index (χ1n) is 20.0. The minimum absolute atomic E-state index is 0.0555. The molecule has 0 amide bonds. The topological polar surface area (TPSA) is 270 Å². The number of rotatable bonds is 21. The van der Waals surface area contributed by atoms with E-state index in [4.69, 9.17) is 52.9 Å². The lowest BCUT2D eigenvalue weighted by Crippen LogP contribution is -2.64. The van der Waals surface area contributed by atoms with Crippen molar-refractivity contribution in [2.24, 2.45) is 5.11 Å². The molecule has 21 nitrogen and oxygen atoms in total. The van der Waals surface area contributed by atoms with Gasteiger partial charge in [-0.15, -0.1) is 0 Å². The molecule has 10 atom stereocenters. The van der Waals surface area contributed by atoms with Gasteiger partial charge in [0, 0.05) is 64.9 Å². The summed E-state index contributed by atoms with van der Waals surface area (Å²) in [4.78, 5) is 88.2.